The Labute approximate surface area is 164 Å². The molecule has 0 saturated carbocycles. The smallest absolute Gasteiger partial charge is 0.343 e. The van der Waals surface area contributed by atoms with Crippen molar-refractivity contribution in [1.82, 2.24) is 15.5 Å². The number of aliphatic hydroxyl groups is 1. The second-order valence-corrected chi connectivity index (χ2v) is 6.46. The fourth-order valence-corrected chi connectivity index (χ4v) is 2.89. The number of carbonyl (C=O) groups excluding carboxylic acids is 3. The molecule has 1 saturated heterocycles. The molecule has 1 fully saturated rings. The van der Waals surface area contributed by atoms with Crippen LogP contribution in [0.5, 0.6) is 5.75 Å². The van der Waals surface area contributed by atoms with Gasteiger partial charge in [0.25, 0.3) is 5.91 Å². The van der Waals surface area contributed by atoms with Crippen molar-refractivity contribution in [2.45, 2.75) is 31.9 Å². The van der Waals surface area contributed by atoms with Gasteiger partial charge in [-0.1, -0.05) is 0 Å². The molecule has 0 radical (unpaired) electrons. The van der Waals surface area contributed by atoms with E-state index in [1.54, 1.807) is 29.2 Å². The van der Waals surface area contributed by atoms with Crippen molar-refractivity contribution < 1.29 is 29.0 Å². The molecule has 0 aromatic heterocycles. The van der Waals surface area contributed by atoms with Crippen LogP contribution in [0, 0.1) is 0 Å². The maximum Gasteiger partial charge on any atom is 0.343 e. The number of likely N-dealkylation sites (tertiary alicyclic amines) is 1. The van der Waals surface area contributed by atoms with Crippen molar-refractivity contribution in [1.29, 1.82) is 0 Å². The van der Waals surface area contributed by atoms with Gasteiger partial charge in [-0.3, -0.25) is 4.79 Å². The first-order valence-corrected chi connectivity index (χ1v) is 9.26. The first-order valence-electron chi connectivity index (χ1n) is 9.26. The molecule has 0 bridgehead atoms. The molecule has 1 aliphatic rings. The molecule has 3 amide bonds. The van der Waals surface area contributed by atoms with Crippen molar-refractivity contribution in [2.75, 3.05) is 33.4 Å². The van der Waals surface area contributed by atoms with Gasteiger partial charge in [-0.05, 0) is 44.0 Å². The number of benzene rings is 1. The minimum absolute atomic E-state index is 0.206. The number of hydrogen-bond acceptors (Lipinski definition) is 6. The topological polar surface area (TPSA) is 117 Å². The second kappa shape index (κ2) is 10.5. The number of amides is 3. The molecule has 154 valence electrons. The van der Waals surface area contributed by atoms with Crippen molar-refractivity contribution in [3.63, 3.8) is 0 Å². The van der Waals surface area contributed by atoms with E-state index < -0.39 is 18.1 Å². The molecular weight excluding hydrogens is 366 g/mol. The molecule has 1 aliphatic heterocycles. The highest BCUT2D eigenvalue weighted by Gasteiger charge is 2.29. The van der Waals surface area contributed by atoms with Crippen LogP contribution in [0.2, 0.25) is 0 Å². The van der Waals surface area contributed by atoms with Crippen LogP contribution >= 0.6 is 0 Å². The summed E-state index contributed by atoms with van der Waals surface area (Å²) >= 11 is 0. The van der Waals surface area contributed by atoms with Gasteiger partial charge < -0.3 is 30.1 Å². The van der Waals surface area contributed by atoms with E-state index in [1.165, 1.54) is 7.11 Å². The number of hydrogen-bond donors (Lipinski definition) is 3. The monoisotopic (exact) mass is 393 g/mol. The number of carbonyl (C=O) groups is 3. The Bertz CT molecular complexity index is 679. The second-order valence-electron chi connectivity index (χ2n) is 6.46. The molecular formula is C19H27N3O6. The molecule has 0 spiro atoms. The van der Waals surface area contributed by atoms with Crippen LogP contribution in [-0.2, 0) is 9.53 Å². The highest BCUT2D eigenvalue weighted by molar-refractivity contribution is 5.94. The first-order chi connectivity index (χ1) is 13.4. The highest BCUT2D eigenvalue weighted by atomic mass is 16.6. The van der Waals surface area contributed by atoms with E-state index in [0.29, 0.717) is 37.2 Å². The van der Waals surface area contributed by atoms with E-state index in [4.69, 9.17) is 4.74 Å². The Kier molecular flexibility index (Phi) is 8.06. The van der Waals surface area contributed by atoms with E-state index in [-0.39, 0.29) is 25.1 Å². The number of rotatable bonds is 6. The van der Waals surface area contributed by atoms with Crippen LogP contribution < -0.4 is 15.4 Å². The number of nitrogens with one attached hydrogen (secondary N) is 2. The van der Waals surface area contributed by atoms with Gasteiger partial charge in [-0.15, -0.1) is 0 Å². The molecule has 28 heavy (non-hydrogen) atoms. The van der Waals surface area contributed by atoms with Crippen LogP contribution in [0.15, 0.2) is 24.3 Å². The summed E-state index contributed by atoms with van der Waals surface area (Å²) in [5, 5.41) is 15.9. The van der Waals surface area contributed by atoms with Crippen molar-refractivity contribution in [3.05, 3.63) is 29.8 Å². The Morgan fingerprint density at radius 3 is 2.61 bits per heavy atom. The normalized spacial score (nSPS) is 19.3. The standard InChI is InChI=1S/C19H27N3O6/c1-3-20-19(26)22-10-4-5-16(23)15(11-22)21-18(25)13-6-8-14(9-7-13)28-12-17(24)27-2/h6-9,15-16,23H,3-5,10-12H2,1-2H3,(H,20,26)(H,21,25). The largest absolute Gasteiger partial charge is 0.482 e. The predicted octanol–water partition coefficient (Wildman–Crippen LogP) is 0.523. The zero-order valence-electron chi connectivity index (χ0n) is 16.1. The Morgan fingerprint density at radius 1 is 1.25 bits per heavy atom. The molecule has 1 aromatic carbocycles. The lowest BCUT2D eigenvalue weighted by atomic mass is 10.1. The van der Waals surface area contributed by atoms with Crippen LogP contribution in [0.3, 0.4) is 0 Å². The molecule has 2 rings (SSSR count). The van der Waals surface area contributed by atoms with E-state index in [9.17, 15) is 19.5 Å². The molecule has 9 nitrogen and oxygen atoms in total. The third-order valence-corrected chi connectivity index (χ3v) is 4.44. The van der Waals surface area contributed by atoms with Crippen molar-refractivity contribution >= 4 is 17.9 Å². The molecule has 9 heteroatoms. The maximum absolute atomic E-state index is 12.5. The van der Waals surface area contributed by atoms with Crippen molar-refractivity contribution in [3.8, 4) is 5.75 Å². The Morgan fingerprint density at radius 2 is 1.96 bits per heavy atom. The molecule has 1 heterocycles. The zero-order chi connectivity index (χ0) is 20.5. The lowest BCUT2D eigenvalue weighted by molar-refractivity contribution is -0.142. The number of methoxy groups -OCH3 is 1. The maximum atomic E-state index is 12.5. The van der Waals surface area contributed by atoms with Gasteiger partial charge in [0.05, 0.1) is 19.3 Å². The lowest BCUT2D eigenvalue weighted by Gasteiger charge is -2.27. The summed E-state index contributed by atoms with van der Waals surface area (Å²) in [6.45, 7) is 2.90. The van der Waals surface area contributed by atoms with Crippen molar-refractivity contribution in [2.24, 2.45) is 0 Å². The van der Waals surface area contributed by atoms with E-state index in [0.717, 1.165) is 0 Å². The summed E-state index contributed by atoms with van der Waals surface area (Å²) in [6.07, 6.45) is 0.434. The summed E-state index contributed by atoms with van der Waals surface area (Å²) in [5.74, 6) is -0.430. The number of ether oxygens (including phenoxy) is 2. The summed E-state index contributed by atoms with van der Waals surface area (Å²) < 4.78 is 9.74. The molecule has 0 aliphatic carbocycles. The quantitative estimate of drug-likeness (QED) is 0.607. The molecule has 1 aromatic rings. The fraction of sp³-hybridized carbons (Fsp3) is 0.526. The molecule has 3 N–H and O–H groups in total. The highest BCUT2D eigenvalue weighted by Crippen LogP contribution is 2.15. The number of nitrogens with zero attached hydrogens (tertiary/aromatic N) is 1. The van der Waals surface area contributed by atoms with E-state index >= 15 is 0 Å². The SMILES string of the molecule is CCNC(=O)N1CCCC(O)C(NC(=O)c2ccc(OCC(=O)OC)cc2)C1. The number of aliphatic hydroxyl groups excluding tert-OH is 1. The molecule has 2 atom stereocenters. The predicted molar refractivity (Wildman–Crippen MR) is 101 cm³/mol. The third-order valence-electron chi connectivity index (χ3n) is 4.44. The summed E-state index contributed by atoms with van der Waals surface area (Å²) in [5.41, 5.74) is 0.381. The summed E-state index contributed by atoms with van der Waals surface area (Å²) in [6, 6.07) is 5.50. The summed E-state index contributed by atoms with van der Waals surface area (Å²) in [7, 11) is 1.27. The lowest BCUT2D eigenvalue weighted by Crippen LogP contribution is -2.51. The van der Waals surface area contributed by atoms with Gasteiger partial charge in [0.15, 0.2) is 6.61 Å². The Balaban J connectivity index is 1.97. The minimum Gasteiger partial charge on any atom is -0.482 e. The van der Waals surface area contributed by atoms with Crippen LogP contribution in [0.25, 0.3) is 0 Å². The molecule has 2 unspecified atom stereocenters. The van der Waals surface area contributed by atoms with Gasteiger partial charge in [-0.25, -0.2) is 9.59 Å². The van der Waals surface area contributed by atoms with Gasteiger partial charge >= 0.3 is 12.0 Å². The van der Waals surface area contributed by atoms with Crippen LogP contribution in [0.4, 0.5) is 4.79 Å². The van der Waals surface area contributed by atoms with Gasteiger partial charge in [0.1, 0.15) is 5.75 Å². The average Bonchev–Trinajstić information content (AvgIpc) is 2.88. The average molecular weight is 393 g/mol. The van der Waals surface area contributed by atoms with Crippen LogP contribution in [0.1, 0.15) is 30.1 Å². The first kappa shape index (κ1) is 21.5. The van der Waals surface area contributed by atoms with E-state index in [2.05, 4.69) is 15.4 Å². The van der Waals surface area contributed by atoms with Gasteiger partial charge in [0, 0.05) is 25.2 Å². The number of esters is 1. The Hall–Kier alpha value is -2.81. The number of urea groups is 1. The van der Waals surface area contributed by atoms with E-state index in [1.807, 2.05) is 6.92 Å². The third kappa shape index (κ3) is 6.12. The van der Waals surface area contributed by atoms with Gasteiger partial charge in [-0.2, -0.15) is 0 Å². The summed E-state index contributed by atoms with van der Waals surface area (Å²) in [4.78, 5) is 37.3. The fourth-order valence-electron chi connectivity index (χ4n) is 2.89. The zero-order valence-corrected chi connectivity index (χ0v) is 16.1. The van der Waals surface area contributed by atoms with Gasteiger partial charge in [0.2, 0.25) is 0 Å². The minimum atomic E-state index is -0.731. The van der Waals surface area contributed by atoms with Crippen LogP contribution in [-0.4, -0.2) is 73.4 Å².